The van der Waals surface area contributed by atoms with Crippen LogP contribution in [0.5, 0.6) is 5.75 Å². The summed E-state index contributed by atoms with van der Waals surface area (Å²) >= 11 is 0. The van der Waals surface area contributed by atoms with E-state index < -0.39 is 0 Å². The molecule has 0 saturated carbocycles. The van der Waals surface area contributed by atoms with E-state index in [9.17, 15) is 9.90 Å². The summed E-state index contributed by atoms with van der Waals surface area (Å²) in [4.78, 5) is 17.1. The Morgan fingerprint density at radius 1 is 1.71 bits per heavy atom. The first-order chi connectivity index (χ1) is 8.06. The van der Waals surface area contributed by atoms with Crippen LogP contribution in [0, 0.1) is 0 Å². The van der Waals surface area contributed by atoms with Gasteiger partial charge in [0, 0.05) is 32.9 Å². The summed E-state index contributed by atoms with van der Waals surface area (Å²) in [6, 6.07) is 1.22. The zero-order valence-corrected chi connectivity index (χ0v) is 9.96. The van der Waals surface area contributed by atoms with Crippen molar-refractivity contribution < 1.29 is 14.6 Å². The molecular weight excluding hydrogens is 222 g/mol. The van der Waals surface area contributed by atoms with Crippen LogP contribution in [0.3, 0.4) is 0 Å². The summed E-state index contributed by atoms with van der Waals surface area (Å²) in [5, 5.41) is 9.50. The molecule has 17 heavy (non-hydrogen) atoms. The zero-order valence-electron chi connectivity index (χ0n) is 9.96. The molecule has 0 saturated heterocycles. The third-order valence-electron chi connectivity index (χ3n) is 2.27. The lowest BCUT2D eigenvalue weighted by molar-refractivity contribution is 0.0761. The Bertz CT molecular complexity index is 384. The minimum absolute atomic E-state index is 0.135. The number of carbonyl (C=O) groups is 1. The standard InChI is InChI=1S/C11H17N3O3/c1-14(6-8(12)7-17-2)11(16)9-3-4-13-5-10(9)15/h3-5,8,15H,6-7,12H2,1-2H3. The third-order valence-corrected chi connectivity index (χ3v) is 2.27. The summed E-state index contributed by atoms with van der Waals surface area (Å²) in [7, 11) is 3.17. The van der Waals surface area contributed by atoms with Crippen LogP contribution >= 0.6 is 0 Å². The summed E-state index contributed by atoms with van der Waals surface area (Å²) in [6.07, 6.45) is 2.69. The summed E-state index contributed by atoms with van der Waals surface area (Å²) < 4.78 is 4.89. The van der Waals surface area contributed by atoms with E-state index in [1.165, 1.54) is 23.4 Å². The molecule has 0 radical (unpaired) electrons. The van der Waals surface area contributed by atoms with Gasteiger partial charge in [0.05, 0.1) is 18.4 Å². The number of likely N-dealkylation sites (N-methyl/N-ethyl adjacent to an activating group) is 1. The van der Waals surface area contributed by atoms with Crippen LogP contribution in [0.25, 0.3) is 0 Å². The lowest BCUT2D eigenvalue weighted by Crippen LogP contribution is -2.41. The Morgan fingerprint density at radius 2 is 2.41 bits per heavy atom. The van der Waals surface area contributed by atoms with E-state index in [4.69, 9.17) is 10.5 Å². The van der Waals surface area contributed by atoms with Gasteiger partial charge < -0.3 is 20.5 Å². The maximum absolute atomic E-state index is 11.9. The summed E-state index contributed by atoms with van der Waals surface area (Å²) in [5.74, 6) is -0.430. The van der Waals surface area contributed by atoms with Crippen molar-refractivity contribution in [2.24, 2.45) is 5.73 Å². The molecule has 0 fully saturated rings. The molecule has 0 bridgehead atoms. The predicted octanol–water partition coefficient (Wildman–Crippen LogP) is -0.167. The van der Waals surface area contributed by atoms with E-state index in [2.05, 4.69) is 4.98 Å². The SMILES string of the molecule is COCC(N)CN(C)C(=O)c1ccncc1O. The predicted molar refractivity (Wildman–Crippen MR) is 62.7 cm³/mol. The molecule has 6 heteroatoms. The Morgan fingerprint density at radius 3 is 3.00 bits per heavy atom. The normalized spacial score (nSPS) is 12.2. The highest BCUT2D eigenvalue weighted by molar-refractivity contribution is 5.96. The minimum atomic E-state index is -0.295. The lowest BCUT2D eigenvalue weighted by atomic mass is 10.2. The van der Waals surface area contributed by atoms with E-state index in [-0.39, 0.29) is 23.3 Å². The fourth-order valence-corrected chi connectivity index (χ4v) is 1.47. The molecule has 0 spiro atoms. The molecule has 0 aliphatic rings. The highest BCUT2D eigenvalue weighted by Crippen LogP contribution is 2.15. The number of nitrogens with zero attached hydrogens (tertiary/aromatic N) is 2. The van der Waals surface area contributed by atoms with Crippen molar-refractivity contribution >= 4 is 5.91 Å². The number of pyridine rings is 1. The number of aromatic nitrogens is 1. The second kappa shape index (κ2) is 6.17. The van der Waals surface area contributed by atoms with Gasteiger partial charge >= 0.3 is 0 Å². The van der Waals surface area contributed by atoms with Crippen LogP contribution in [0.1, 0.15) is 10.4 Å². The molecule has 1 aromatic rings. The van der Waals surface area contributed by atoms with E-state index in [0.717, 1.165) is 0 Å². The summed E-state index contributed by atoms with van der Waals surface area (Å²) in [6.45, 7) is 0.731. The van der Waals surface area contributed by atoms with Gasteiger partial charge in [0.1, 0.15) is 5.75 Å². The van der Waals surface area contributed by atoms with Gasteiger partial charge in [-0.1, -0.05) is 0 Å². The van der Waals surface area contributed by atoms with Gasteiger partial charge in [0.2, 0.25) is 0 Å². The number of ether oxygens (including phenoxy) is 1. The number of hydrogen-bond donors (Lipinski definition) is 2. The molecule has 94 valence electrons. The quantitative estimate of drug-likeness (QED) is 0.745. The molecule has 1 aromatic heterocycles. The second-order valence-electron chi connectivity index (χ2n) is 3.79. The maximum atomic E-state index is 11.9. The van der Waals surface area contributed by atoms with Crippen LogP contribution in [-0.4, -0.2) is 54.2 Å². The molecule has 1 atom stereocenters. The number of methoxy groups -OCH3 is 1. The Hall–Kier alpha value is -1.66. The molecule has 0 aliphatic carbocycles. The van der Waals surface area contributed by atoms with Crippen molar-refractivity contribution in [1.82, 2.24) is 9.88 Å². The minimum Gasteiger partial charge on any atom is -0.505 e. The molecule has 1 unspecified atom stereocenters. The molecule has 1 rings (SSSR count). The average Bonchev–Trinajstić information content (AvgIpc) is 2.29. The van der Waals surface area contributed by atoms with Crippen LogP contribution in [-0.2, 0) is 4.74 Å². The number of nitrogens with two attached hydrogens (primary N) is 1. The second-order valence-corrected chi connectivity index (χ2v) is 3.79. The Labute approximate surface area is 100 Å². The smallest absolute Gasteiger partial charge is 0.257 e. The number of aromatic hydroxyl groups is 1. The molecule has 6 nitrogen and oxygen atoms in total. The fraction of sp³-hybridized carbons (Fsp3) is 0.455. The van der Waals surface area contributed by atoms with Crippen molar-refractivity contribution in [3.63, 3.8) is 0 Å². The fourth-order valence-electron chi connectivity index (χ4n) is 1.47. The topological polar surface area (TPSA) is 88.7 Å². The number of amides is 1. The van der Waals surface area contributed by atoms with Gasteiger partial charge in [0.25, 0.3) is 5.91 Å². The molecule has 0 aliphatic heterocycles. The van der Waals surface area contributed by atoms with Crippen LogP contribution in [0.15, 0.2) is 18.5 Å². The molecule has 3 N–H and O–H groups in total. The van der Waals surface area contributed by atoms with Crippen LogP contribution in [0.4, 0.5) is 0 Å². The van der Waals surface area contributed by atoms with E-state index in [1.807, 2.05) is 0 Å². The van der Waals surface area contributed by atoms with Crippen molar-refractivity contribution in [1.29, 1.82) is 0 Å². The lowest BCUT2D eigenvalue weighted by Gasteiger charge is -2.21. The van der Waals surface area contributed by atoms with Crippen molar-refractivity contribution in [2.45, 2.75) is 6.04 Å². The molecular formula is C11H17N3O3. The first kappa shape index (κ1) is 13.4. The highest BCUT2D eigenvalue weighted by atomic mass is 16.5. The number of carbonyl (C=O) groups excluding carboxylic acids is 1. The molecule has 1 heterocycles. The zero-order chi connectivity index (χ0) is 12.8. The van der Waals surface area contributed by atoms with Gasteiger partial charge in [-0.3, -0.25) is 9.78 Å². The van der Waals surface area contributed by atoms with Crippen molar-refractivity contribution in [3.8, 4) is 5.75 Å². The van der Waals surface area contributed by atoms with E-state index >= 15 is 0 Å². The number of rotatable bonds is 5. The van der Waals surface area contributed by atoms with Gasteiger partial charge in [-0.2, -0.15) is 0 Å². The highest BCUT2D eigenvalue weighted by Gasteiger charge is 2.17. The monoisotopic (exact) mass is 239 g/mol. The third kappa shape index (κ3) is 3.69. The van der Waals surface area contributed by atoms with Crippen molar-refractivity contribution in [2.75, 3.05) is 27.3 Å². The van der Waals surface area contributed by atoms with Gasteiger partial charge in [-0.15, -0.1) is 0 Å². The van der Waals surface area contributed by atoms with Crippen molar-refractivity contribution in [3.05, 3.63) is 24.0 Å². The van der Waals surface area contributed by atoms with Crippen LogP contribution < -0.4 is 5.73 Å². The first-order valence-electron chi connectivity index (χ1n) is 5.19. The number of hydrogen-bond acceptors (Lipinski definition) is 5. The average molecular weight is 239 g/mol. The van der Waals surface area contributed by atoms with Gasteiger partial charge in [-0.05, 0) is 6.07 Å². The van der Waals surface area contributed by atoms with Gasteiger partial charge in [-0.25, -0.2) is 0 Å². The van der Waals surface area contributed by atoms with Crippen LogP contribution in [0.2, 0.25) is 0 Å². The Balaban J connectivity index is 2.67. The Kier molecular flexibility index (Phi) is 4.86. The first-order valence-corrected chi connectivity index (χ1v) is 5.19. The largest absolute Gasteiger partial charge is 0.505 e. The summed E-state index contributed by atoms with van der Waals surface area (Å²) in [5.41, 5.74) is 5.96. The molecule has 0 aromatic carbocycles. The van der Waals surface area contributed by atoms with Gasteiger partial charge in [0.15, 0.2) is 0 Å². The van der Waals surface area contributed by atoms with E-state index in [1.54, 1.807) is 14.2 Å². The molecule has 1 amide bonds. The van der Waals surface area contributed by atoms with E-state index in [0.29, 0.717) is 13.2 Å². The maximum Gasteiger partial charge on any atom is 0.257 e.